The van der Waals surface area contributed by atoms with Gasteiger partial charge in [-0.3, -0.25) is 9.36 Å². The number of carbonyl (C=O) groups is 1. The molecule has 2 aromatic rings. The van der Waals surface area contributed by atoms with Crippen LogP contribution >= 0.6 is 0 Å². The Bertz CT molecular complexity index is 961. The van der Waals surface area contributed by atoms with E-state index in [9.17, 15) is 10.1 Å². The van der Waals surface area contributed by atoms with E-state index in [2.05, 4.69) is 6.07 Å². The van der Waals surface area contributed by atoms with Crippen LogP contribution in [0.3, 0.4) is 0 Å². The van der Waals surface area contributed by atoms with E-state index < -0.39 is 5.92 Å². The third kappa shape index (κ3) is 2.60. The number of rotatable bonds is 3. The minimum absolute atomic E-state index is 0.0541. The highest BCUT2D eigenvalue weighted by molar-refractivity contribution is 6.00. The van der Waals surface area contributed by atoms with Crippen molar-refractivity contribution in [2.45, 2.75) is 25.2 Å². The van der Waals surface area contributed by atoms with Gasteiger partial charge in [0.15, 0.2) is 5.78 Å². The van der Waals surface area contributed by atoms with Crippen molar-refractivity contribution in [3.63, 3.8) is 0 Å². The number of benzene rings is 1. The number of hydrogen-bond acceptors (Lipinski definition) is 4. The van der Waals surface area contributed by atoms with Gasteiger partial charge in [0.1, 0.15) is 23.2 Å². The zero-order chi connectivity index (χ0) is 18.1. The Morgan fingerprint density at radius 1 is 1.23 bits per heavy atom. The highest BCUT2D eigenvalue weighted by Crippen LogP contribution is 2.45. The molecule has 26 heavy (non-hydrogen) atoms. The summed E-state index contributed by atoms with van der Waals surface area (Å²) < 4.78 is 13.2. The van der Waals surface area contributed by atoms with Crippen LogP contribution in [0.4, 0.5) is 0 Å². The summed E-state index contributed by atoms with van der Waals surface area (Å²) in [5.74, 6) is 1.46. The van der Waals surface area contributed by atoms with Crippen LogP contribution in [-0.4, -0.2) is 17.5 Å². The number of hydrogen-bond donors (Lipinski definition) is 0. The maximum atomic E-state index is 12.7. The normalized spacial score (nSPS) is 19.7. The third-order valence-corrected chi connectivity index (χ3v) is 4.82. The number of aromatic nitrogens is 1. The first-order chi connectivity index (χ1) is 12.7. The smallest absolute Gasteiger partial charge is 0.218 e. The van der Waals surface area contributed by atoms with Crippen LogP contribution in [0.15, 0.2) is 65.7 Å². The Hall–Kier alpha value is -3.26. The molecule has 0 saturated heterocycles. The number of allylic oxidation sites excluding steroid dienone is 3. The van der Waals surface area contributed by atoms with Gasteiger partial charge in [-0.2, -0.15) is 5.26 Å². The fraction of sp³-hybridized carbons (Fsp3) is 0.238. The summed E-state index contributed by atoms with van der Waals surface area (Å²) in [6, 6.07) is 13.6. The lowest BCUT2D eigenvalue weighted by molar-refractivity contribution is -0.116. The molecule has 5 heteroatoms. The highest BCUT2D eigenvalue weighted by Gasteiger charge is 2.39. The lowest BCUT2D eigenvalue weighted by Gasteiger charge is -2.32. The number of nitriles is 1. The maximum absolute atomic E-state index is 12.7. The molecule has 0 radical (unpaired) electrons. The van der Waals surface area contributed by atoms with Crippen LogP contribution in [-0.2, 0) is 9.53 Å². The van der Waals surface area contributed by atoms with Crippen LogP contribution in [0.5, 0.6) is 5.75 Å². The molecular formula is C21H18N2O3. The molecule has 2 heterocycles. The standard InChI is InChI=1S/C21H18N2O3/c1-25-15-7-4-6-14(12-15)19-16(13-22)21(23-10-2-3-11-23)26-18-9-5-8-17(24)20(18)19/h2-4,6-7,10-12,19H,5,8-9H2,1H3/t19-/m0/s1. The van der Waals surface area contributed by atoms with Gasteiger partial charge in [0.05, 0.1) is 13.0 Å². The second kappa shape index (κ2) is 6.57. The van der Waals surface area contributed by atoms with E-state index in [1.54, 1.807) is 11.7 Å². The molecule has 0 unspecified atom stereocenters. The molecule has 130 valence electrons. The summed E-state index contributed by atoms with van der Waals surface area (Å²) in [5.41, 5.74) is 1.90. The van der Waals surface area contributed by atoms with Gasteiger partial charge in [-0.1, -0.05) is 12.1 Å². The van der Waals surface area contributed by atoms with E-state index in [1.165, 1.54) is 0 Å². The van der Waals surface area contributed by atoms with Gasteiger partial charge in [0.25, 0.3) is 0 Å². The molecule has 2 aliphatic rings. The van der Waals surface area contributed by atoms with Crippen molar-refractivity contribution in [1.82, 2.24) is 4.57 Å². The predicted octanol–water partition coefficient (Wildman–Crippen LogP) is 4.01. The van der Waals surface area contributed by atoms with Gasteiger partial charge in [0.2, 0.25) is 5.88 Å². The van der Waals surface area contributed by atoms with Crippen molar-refractivity contribution in [1.29, 1.82) is 5.26 Å². The molecule has 0 bridgehead atoms. The molecule has 0 spiro atoms. The van der Waals surface area contributed by atoms with Crippen molar-refractivity contribution >= 4 is 11.7 Å². The number of Topliss-reactive ketones (excluding diaryl/α,β-unsaturated/α-hetero) is 1. The van der Waals surface area contributed by atoms with Crippen LogP contribution in [0.2, 0.25) is 0 Å². The zero-order valence-electron chi connectivity index (χ0n) is 14.4. The van der Waals surface area contributed by atoms with Crippen molar-refractivity contribution < 1.29 is 14.3 Å². The summed E-state index contributed by atoms with van der Waals surface area (Å²) in [5, 5.41) is 9.93. The Balaban J connectivity index is 1.94. The van der Waals surface area contributed by atoms with Crippen LogP contribution in [0, 0.1) is 11.3 Å². The largest absolute Gasteiger partial charge is 0.497 e. The van der Waals surface area contributed by atoms with E-state index in [-0.39, 0.29) is 5.78 Å². The van der Waals surface area contributed by atoms with E-state index in [0.717, 1.165) is 12.0 Å². The van der Waals surface area contributed by atoms with E-state index >= 15 is 0 Å². The summed E-state index contributed by atoms with van der Waals surface area (Å²) in [4.78, 5) is 12.7. The summed E-state index contributed by atoms with van der Waals surface area (Å²) in [7, 11) is 1.60. The number of methoxy groups -OCH3 is 1. The second-order valence-electron chi connectivity index (χ2n) is 6.35. The fourth-order valence-corrected chi connectivity index (χ4v) is 3.63. The number of carbonyl (C=O) groups excluding carboxylic acids is 1. The summed E-state index contributed by atoms with van der Waals surface area (Å²) in [6.07, 6.45) is 5.63. The molecule has 0 saturated carbocycles. The number of ketones is 1. The monoisotopic (exact) mass is 346 g/mol. The molecule has 0 N–H and O–H groups in total. The molecule has 1 aliphatic carbocycles. The minimum Gasteiger partial charge on any atom is -0.497 e. The van der Waals surface area contributed by atoms with Crippen molar-refractivity contribution in [3.05, 3.63) is 71.3 Å². The third-order valence-electron chi connectivity index (χ3n) is 4.82. The Morgan fingerprint density at radius 3 is 2.77 bits per heavy atom. The number of ether oxygens (including phenoxy) is 2. The minimum atomic E-state index is -0.441. The van der Waals surface area contributed by atoms with E-state index in [1.807, 2.05) is 48.8 Å². The topological polar surface area (TPSA) is 64.2 Å². The van der Waals surface area contributed by atoms with Gasteiger partial charge in [-0.05, 0) is 36.2 Å². The van der Waals surface area contributed by atoms with E-state index in [4.69, 9.17) is 9.47 Å². The van der Waals surface area contributed by atoms with Crippen molar-refractivity contribution in [2.75, 3.05) is 7.11 Å². The highest BCUT2D eigenvalue weighted by atomic mass is 16.5. The van der Waals surface area contributed by atoms with E-state index in [0.29, 0.717) is 41.4 Å². The van der Waals surface area contributed by atoms with Gasteiger partial charge in [-0.15, -0.1) is 0 Å². The average Bonchev–Trinajstić information content (AvgIpc) is 3.21. The van der Waals surface area contributed by atoms with Gasteiger partial charge in [0, 0.05) is 30.8 Å². The molecule has 1 aliphatic heterocycles. The molecule has 5 nitrogen and oxygen atoms in total. The molecule has 0 fully saturated rings. The Kier molecular flexibility index (Phi) is 4.10. The van der Waals surface area contributed by atoms with Crippen LogP contribution in [0.1, 0.15) is 30.7 Å². The first-order valence-corrected chi connectivity index (χ1v) is 8.58. The Labute approximate surface area is 151 Å². The summed E-state index contributed by atoms with van der Waals surface area (Å²) >= 11 is 0. The van der Waals surface area contributed by atoms with Gasteiger partial charge >= 0.3 is 0 Å². The van der Waals surface area contributed by atoms with Gasteiger partial charge < -0.3 is 9.47 Å². The van der Waals surface area contributed by atoms with Crippen LogP contribution in [0.25, 0.3) is 5.88 Å². The van der Waals surface area contributed by atoms with Crippen LogP contribution < -0.4 is 4.74 Å². The zero-order valence-corrected chi connectivity index (χ0v) is 14.4. The maximum Gasteiger partial charge on any atom is 0.218 e. The predicted molar refractivity (Wildman–Crippen MR) is 96.0 cm³/mol. The Morgan fingerprint density at radius 2 is 2.04 bits per heavy atom. The number of nitrogens with zero attached hydrogens (tertiary/aromatic N) is 2. The second-order valence-corrected chi connectivity index (χ2v) is 6.35. The first kappa shape index (κ1) is 16.2. The summed E-state index contributed by atoms with van der Waals surface area (Å²) in [6.45, 7) is 0. The quantitative estimate of drug-likeness (QED) is 0.842. The molecule has 4 rings (SSSR count). The van der Waals surface area contributed by atoms with Crippen molar-refractivity contribution in [3.8, 4) is 11.8 Å². The molecule has 0 amide bonds. The molecular weight excluding hydrogens is 328 g/mol. The van der Waals surface area contributed by atoms with Crippen molar-refractivity contribution in [2.24, 2.45) is 0 Å². The molecule has 1 atom stereocenters. The first-order valence-electron chi connectivity index (χ1n) is 8.58. The average molecular weight is 346 g/mol. The van der Waals surface area contributed by atoms with Gasteiger partial charge in [-0.25, -0.2) is 0 Å². The molecule has 1 aromatic heterocycles. The molecule has 1 aromatic carbocycles. The SMILES string of the molecule is COc1cccc([C@H]2C(C#N)=C(n3cccc3)OC3=C2C(=O)CCC3)c1. The lowest BCUT2D eigenvalue weighted by Crippen LogP contribution is -2.26. The fourth-order valence-electron chi connectivity index (χ4n) is 3.63. The lowest BCUT2D eigenvalue weighted by atomic mass is 9.77.